The highest BCUT2D eigenvalue weighted by Crippen LogP contribution is 2.25. The van der Waals surface area contributed by atoms with E-state index in [2.05, 4.69) is 32.0 Å². The second kappa shape index (κ2) is 4.79. The molecule has 1 aromatic heterocycles. The van der Waals surface area contributed by atoms with Gasteiger partial charge in [0.1, 0.15) is 5.82 Å². The summed E-state index contributed by atoms with van der Waals surface area (Å²) in [6.07, 6.45) is 0. The molecular formula is C15H14BrN3. The lowest BCUT2D eigenvalue weighted by Gasteiger charge is -2.08. The van der Waals surface area contributed by atoms with Crippen molar-refractivity contribution >= 4 is 27.0 Å². The number of nitrogens with one attached hydrogen (secondary N) is 1. The quantitative estimate of drug-likeness (QED) is 0.758. The average Bonchev–Trinajstić information content (AvgIpc) is 2.83. The number of nitrogens with two attached hydrogens (primary N) is 1. The van der Waals surface area contributed by atoms with E-state index in [-0.39, 0.29) is 6.04 Å². The van der Waals surface area contributed by atoms with Gasteiger partial charge in [-0.25, -0.2) is 4.98 Å². The summed E-state index contributed by atoms with van der Waals surface area (Å²) in [6, 6.07) is 13.8. The van der Waals surface area contributed by atoms with Crippen LogP contribution in [-0.2, 0) is 0 Å². The molecule has 1 heterocycles. The highest BCUT2D eigenvalue weighted by molar-refractivity contribution is 9.10. The molecule has 19 heavy (non-hydrogen) atoms. The molecule has 0 aliphatic carbocycles. The van der Waals surface area contributed by atoms with Crippen LogP contribution in [0.3, 0.4) is 0 Å². The topological polar surface area (TPSA) is 54.7 Å². The van der Waals surface area contributed by atoms with Crippen molar-refractivity contribution in [3.63, 3.8) is 0 Å². The Morgan fingerprint density at radius 1 is 1.21 bits per heavy atom. The normalized spacial score (nSPS) is 12.8. The van der Waals surface area contributed by atoms with Crippen molar-refractivity contribution < 1.29 is 0 Å². The van der Waals surface area contributed by atoms with E-state index in [1.54, 1.807) is 0 Å². The minimum Gasteiger partial charge on any atom is -0.340 e. The maximum atomic E-state index is 6.26. The van der Waals surface area contributed by atoms with Gasteiger partial charge in [0, 0.05) is 4.47 Å². The lowest BCUT2D eigenvalue weighted by molar-refractivity contribution is 0.805. The van der Waals surface area contributed by atoms with Crippen molar-refractivity contribution in [2.75, 3.05) is 0 Å². The van der Waals surface area contributed by atoms with Crippen molar-refractivity contribution in [1.29, 1.82) is 0 Å². The van der Waals surface area contributed by atoms with E-state index in [1.165, 1.54) is 0 Å². The van der Waals surface area contributed by atoms with Crippen molar-refractivity contribution in [2.45, 2.75) is 13.0 Å². The first kappa shape index (κ1) is 12.4. The first-order chi connectivity index (χ1) is 9.15. The molecule has 0 spiro atoms. The summed E-state index contributed by atoms with van der Waals surface area (Å²) >= 11 is 3.50. The van der Waals surface area contributed by atoms with E-state index in [9.17, 15) is 0 Å². The Balaban J connectivity index is 2.09. The van der Waals surface area contributed by atoms with Crippen LogP contribution in [0.5, 0.6) is 0 Å². The molecule has 2 aromatic carbocycles. The number of hydrogen-bond acceptors (Lipinski definition) is 2. The number of rotatable bonds is 2. The van der Waals surface area contributed by atoms with Crippen molar-refractivity contribution in [1.82, 2.24) is 9.97 Å². The van der Waals surface area contributed by atoms with Gasteiger partial charge in [-0.2, -0.15) is 0 Å². The summed E-state index contributed by atoms with van der Waals surface area (Å²) in [7, 11) is 0. The van der Waals surface area contributed by atoms with Crippen LogP contribution < -0.4 is 5.73 Å². The van der Waals surface area contributed by atoms with Gasteiger partial charge in [0.15, 0.2) is 0 Å². The predicted octanol–water partition coefficient (Wildman–Crippen LogP) is 3.68. The summed E-state index contributed by atoms with van der Waals surface area (Å²) in [5.41, 5.74) is 10.4. The molecule has 0 amide bonds. The largest absolute Gasteiger partial charge is 0.340 e. The molecule has 0 aliphatic rings. The van der Waals surface area contributed by atoms with Crippen LogP contribution in [0.2, 0.25) is 0 Å². The van der Waals surface area contributed by atoms with Gasteiger partial charge in [0.2, 0.25) is 0 Å². The zero-order valence-electron chi connectivity index (χ0n) is 10.5. The van der Waals surface area contributed by atoms with E-state index in [4.69, 9.17) is 5.73 Å². The van der Waals surface area contributed by atoms with Crippen LogP contribution in [-0.4, -0.2) is 9.97 Å². The third-order valence-electron chi connectivity index (χ3n) is 3.21. The fourth-order valence-electron chi connectivity index (χ4n) is 2.23. The lowest BCUT2D eigenvalue weighted by atomic mass is 10.1. The second-order valence-electron chi connectivity index (χ2n) is 4.63. The molecule has 4 heteroatoms. The van der Waals surface area contributed by atoms with Crippen molar-refractivity contribution in [3.05, 3.63) is 63.9 Å². The van der Waals surface area contributed by atoms with Crippen LogP contribution in [0, 0.1) is 6.92 Å². The third-order valence-corrected chi connectivity index (χ3v) is 3.67. The Morgan fingerprint density at radius 3 is 2.68 bits per heavy atom. The molecule has 3 nitrogen and oxygen atoms in total. The zero-order chi connectivity index (χ0) is 13.4. The Labute approximate surface area is 120 Å². The molecule has 1 atom stereocenters. The molecule has 3 aromatic rings. The molecule has 0 aliphatic heterocycles. The van der Waals surface area contributed by atoms with Gasteiger partial charge in [0.05, 0.1) is 17.1 Å². The Bertz CT molecular complexity index is 719. The monoisotopic (exact) mass is 315 g/mol. The number of fused-ring (bicyclic) bond motifs is 1. The molecule has 0 fully saturated rings. The van der Waals surface area contributed by atoms with Gasteiger partial charge in [0.25, 0.3) is 0 Å². The number of aromatic amines is 1. The molecule has 0 saturated heterocycles. The first-order valence-electron chi connectivity index (χ1n) is 6.11. The molecule has 3 rings (SSSR count). The zero-order valence-corrected chi connectivity index (χ0v) is 12.1. The van der Waals surface area contributed by atoms with Crippen molar-refractivity contribution in [2.24, 2.45) is 5.73 Å². The third kappa shape index (κ3) is 2.29. The molecule has 1 unspecified atom stereocenters. The molecule has 96 valence electrons. The lowest BCUT2D eigenvalue weighted by Crippen LogP contribution is -2.13. The number of aromatic nitrogens is 2. The maximum Gasteiger partial charge on any atom is 0.128 e. The number of benzene rings is 2. The van der Waals surface area contributed by atoms with E-state index in [0.29, 0.717) is 0 Å². The smallest absolute Gasteiger partial charge is 0.128 e. The minimum absolute atomic E-state index is 0.230. The maximum absolute atomic E-state index is 6.26. The summed E-state index contributed by atoms with van der Waals surface area (Å²) in [6.45, 7) is 2.05. The molecule has 3 N–H and O–H groups in total. The van der Waals surface area contributed by atoms with Gasteiger partial charge in [-0.1, -0.05) is 46.3 Å². The Kier molecular flexibility index (Phi) is 3.12. The predicted molar refractivity (Wildman–Crippen MR) is 81.0 cm³/mol. The second-order valence-corrected chi connectivity index (χ2v) is 5.54. The standard InChI is InChI=1S/C15H14BrN3/c1-9-7-11(16)8-12-14(9)19-15(18-12)13(17)10-5-3-2-4-6-10/h2-8,13H,17H2,1H3,(H,18,19). The number of H-pyrrole nitrogens is 1. The van der Waals surface area contributed by atoms with Gasteiger partial charge >= 0.3 is 0 Å². The van der Waals surface area contributed by atoms with Crippen LogP contribution in [0.4, 0.5) is 0 Å². The highest BCUT2D eigenvalue weighted by Gasteiger charge is 2.14. The van der Waals surface area contributed by atoms with E-state index in [1.807, 2.05) is 43.3 Å². The average molecular weight is 316 g/mol. The highest BCUT2D eigenvalue weighted by atomic mass is 79.9. The molecular weight excluding hydrogens is 302 g/mol. The molecule has 0 saturated carbocycles. The van der Waals surface area contributed by atoms with Gasteiger partial charge in [-0.15, -0.1) is 0 Å². The van der Waals surface area contributed by atoms with Crippen LogP contribution in [0.1, 0.15) is 23.0 Å². The SMILES string of the molecule is Cc1cc(Br)cc2[nH]c(C(N)c3ccccc3)nc12. The van der Waals surface area contributed by atoms with Crippen LogP contribution in [0.25, 0.3) is 11.0 Å². The minimum atomic E-state index is -0.230. The van der Waals surface area contributed by atoms with Gasteiger partial charge in [-0.05, 0) is 30.2 Å². The Morgan fingerprint density at radius 2 is 1.95 bits per heavy atom. The van der Waals surface area contributed by atoms with E-state index >= 15 is 0 Å². The van der Waals surface area contributed by atoms with Crippen LogP contribution in [0.15, 0.2) is 46.9 Å². The van der Waals surface area contributed by atoms with Gasteiger partial charge in [-0.3, -0.25) is 0 Å². The number of halogens is 1. The fraction of sp³-hybridized carbons (Fsp3) is 0.133. The number of aryl methyl sites for hydroxylation is 1. The molecule has 0 bridgehead atoms. The van der Waals surface area contributed by atoms with E-state index < -0.39 is 0 Å². The number of hydrogen-bond donors (Lipinski definition) is 2. The summed E-state index contributed by atoms with van der Waals surface area (Å²) in [5.74, 6) is 0.794. The van der Waals surface area contributed by atoms with Crippen molar-refractivity contribution in [3.8, 4) is 0 Å². The summed E-state index contributed by atoms with van der Waals surface area (Å²) < 4.78 is 1.04. The number of imidazole rings is 1. The first-order valence-corrected chi connectivity index (χ1v) is 6.91. The number of nitrogens with zero attached hydrogens (tertiary/aromatic N) is 1. The fourth-order valence-corrected chi connectivity index (χ4v) is 2.80. The van der Waals surface area contributed by atoms with Gasteiger partial charge < -0.3 is 10.7 Å². The summed E-state index contributed by atoms with van der Waals surface area (Å²) in [5, 5.41) is 0. The molecule has 0 radical (unpaired) electrons. The van der Waals surface area contributed by atoms with Crippen LogP contribution >= 0.6 is 15.9 Å². The Hall–Kier alpha value is -1.65. The summed E-state index contributed by atoms with van der Waals surface area (Å²) in [4.78, 5) is 7.94. The van der Waals surface area contributed by atoms with E-state index in [0.717, 1.165) is 32.5 Å².